The molecular formula is C13H19ClN2. The first kappa shape index (κ1) is 11.9. The van der Waals surface area contributed by atoms with E-state index in [1.165, 1.54) is 31.5 Å². The zero-order valence-corrected chi connectivity index (χ0v) is 10.5. The van der Waals surface area contributed by atoms with Gasteiger partial charge in [0.1, 0.15) is 0 Å². The fraction of sp³-hybridized carbons (Fsp3) is 0.538. The zero-order valence-electron chi connectivity index (χ0n) is 9.75. The Balaban J connectivity index is 2.00. The predicted octanol–water partition coefficient (Wildman–Crippen LogP) is 2.70. The number of benzene rings is 1. The van der Waals surface area contributed by atoms with Crippen LogP contribution in [0.1, 0.15) is 24.4 Å². The molecule has 1 saturated heterocycles. The molecule has 1 heterocycles. The summed E-state index contributed by atoms with van der Waals surface area (Å²) in [6.45, 7) is 3.58. The summed E-state index contributed by atoms with van der Waals surface area (Å²) in [6, 6.07) is 8.56. The van der Waals surface area contributed by atoms with Crippen LogP contribution in [0.3, 0.4) is 0 Å². The second-order valence-corrected chi connectivity index (χ2v) is 4.84. The van der Waals surface area contributed by atoms with Crippen LogP contribution < -0.4 is 5.32 Å². The lowest BCUT2D eigenvalue weighted by atomic mass is 10.1. The molecule has 1 aromatic rings. The maximum absolute atomic E-state index is 5.90. The lowest BCUT2D eigenvalue weighted by Crippen LogP contribution is -2.31. The molecule has 3 heteroatoms. The van der Waals surface area contributed by atoms with Crippen molar-refractivity contribution in [3.05, 3.63) is 34.9 Å². The van der Waals surface area contributed by atoms with Crippen molar-refractivity contribution < 1.29 is 0 Å². The first-order chi connectivity index (χ1) is 7.79. The van der Waals surface area contributed by atoms with Crippen LogP contribution in [-0.4, -0.2) is 31.6 Å². The summed E-state index contributed by atoms with van der Waals surface area (Å²) < 4.78 is 0. The van der Waals surface area contributed by atoms with Crippen molar-refractivity contribution in [3.8, 4) is 0 Å². The van der Waals surface area contributed by atoms with Crippen molar-refractivity contribution in [1.29, 1.82) is 0 Å². The van der Waals surface area contributed by atoms with E-state index in [4.69, 9.17) is 11.6 Å². The predicted molar refractivity (Wildman–Crippen MR) is 68.9 cm³/mol. The van der Waals surface area contributed by atoms with Crippen molar-refractivity contribution in [1.82, 2.24) is 10.2 Å². The van der Waals surface area contributed by atoms with Gasteiger partial charge in [0.05, 0.1) is 0 Å². The molecule has 0 bridgehead atoms. The third kappa shape index (κ3) is 2.97. The van der Waals surface area contributed by atoms with Gasteiger partial charge in [0.25, 0.3) is 0 Å². The molecule has 2 nitrogen and oxygen atoms in total. The normalized spacial score (nSPS) is 18.9. The van der Waals surface area contributed by atoms with Crippen molar-refractivity contribution in [2.75, 3.05) is 26.7 Å². The lowest BCUT2D eigenvalue weighted by Gasteiger charge is -2.23. The van der Waals surface area contributed by atoms with Crippen molar-refractivity contribution >= 4 is 11.6 Å². The Bertz CT molecular complexity index is 317. The molecule has 1 N–H and O–H groups in total. The van der Waals surface area contributed by atoms with Crippen LogP contribution in [0.2, 0.25) is 5.02 Å². The number of hydrogen-bond acceptors (Lipinski definition) is 2. The topological polar surface area (TPSA) is 15.3 Å². The molecule has 0 saturated carbocycles. The molecule has 1 fully saturated rings. The minimum Gasteiger partial charge on any atom is -0.312 e. The van der Waals surface area contributed by atoms with Crippen LogP contribution in [0.25, 0.3) is 0 Å². The molecular weight excluding hydrogens is 220 g/mol. The van der Waals surface area contributed by atoms with Gasteiger partial charge in [-0.3, -0.25) is 0 Å². The van der Waals surface area contributed by atoms with E-state index in [0.717, 1.165) is 11.6 Å². The third-order valence-electron chi connectivity index (χ3n) is 3.26. The second-order valence-electron chi connectivity index (χ2n) is 4.40. The Morgan fingerprint density at radius 2 is 1.88 bits per heavy atom. The van der Waals surface area contributed by atoms with E-state index in [0.29, 0.717) is 6.04 Å². The van der Waals surface area contributed by atoms with Gasteiger partial charge in [-0.25, -0.2) is 0 Å². The van der Waals surface area contributed by atoms with Crippen molar-refractivity contribution in [3.63, 3.8) is 0 Å². The third-order valence-corrected chi connectivity index (χ3v) is 3.51. The number of hydrogen-bond donors (Lipinski definition) is 1. The van der Waals surface area contributed by atoms with Gasteiger partial charge in [0, 0.05) is 17.6 Å². The fourth-order valence-corrected chi connectivity index (χ4v) is 2.41. The quantitative estimate of drug-likeness (QED) is 0.868. The highest BCUT2D eigenvalue weighted by molar-refractivity contribution is 6.30. The Morgan fingerprint density at radius 1 is 1.25 bits per heavy atom. The monoisotopic (exact) mass is 238 g/mol. The van der Waals surface area contributed by atoms with Gasteiger partial charge < -0.3 is 10.2 Å². The summed E-state index contributed by atoms with van der Waals surface area (Å²) in [6.07, 6.45) is 2.69. The maximum Gasteiger partial charge on any atom is 0.0446 e. The molecule has 1 atom stereocenters. The van der Waals surface area contributed by atoms with Gasteiger partial charge in [-0.15, -0.1) is 0 Å². The Morgan fingerprint density at radius 3 is 2.44 bits per heavy atom. The Labute approximate surface area is 103 Å². The number of likely N-dealkylation sites (tertiary alicyclic amines) is 1. The van der Waals surface area contributed by atoms with Crippen LogP contribution >= 0.6 is 11.6 Å². The minimum absolute atomic E-state index is 0.412. The molecule has 0 unspecified atom stereocenters. The summed E-state index contributed by atoms with van der Waals surface area (Å²) >= 11 is 5.90. The van der Waals surface area contributed by atoms with Gasteiger partial charge in [0.15, 0.2) is 0 Å². The number of rotatable bonds is 4. The van der Waals surface area contributed by atoms with Crippen molar-refractivity contribution in [2.24, 2.45) is 0 Å². The minimum atomic E-state index is 0.412. The summed E-state index contributed by atoms with van der Waals surface area (Å²) in [7, 11) is 2.02. The molecule has 2 rings (SSSR count). The smallest absolute Gasteiger partial charge is 0.0446 e. The van der Waals surface area contributed by atoms with Crippen LogP contribution in [0.4, 0.5) is 0 Å². The summed E-state index contributed by atoms with van der Waals surface area (Å²) in [5.74, 6) is 0. The van der Waals surface area contributed by atoms with E-state index in [1.807, 2.05) is 19.2 Å². The largest absolute Gasteiger partial charge is 0.312 e. The van der Waals surface area contributed by atoms with Gasteiger partial charge in [0.2, 0.25) is 0 Å². The highest BCUT2D eigenvalue weighted by Crippen LogP contribution is 2.19. The SMILES string of the molecule is CN[C@@H](CN1CCCC1)c1ccc(Cl)cc1. The fourth-order valence-electron chi connectivity index (χ4n) is 2.28. The molecule has 1 aromatic carbocycles. The van der Waals surface area contributed by atoms with Gasteiger partial charge in [-0.05, 0) is 50.7 Å². The number of nitrogens with zero attached hydrogens (tertiary/aromatic N) is 1. The van der Waals surface area contributed by atoms with Crippen LogP contribution in [0.15, 0.2) is 24.3 Å². The maximum atomic E-state index is 5.90. The standard InChI is InChI=1S/C13H19ClN2/c1-15-13(10-16-8-2-3-9-16)11-4-6-12(14)7-5-11/h4-7,13,15H,2-3,8-10H2,1H3/t13-/m0/s1. The lowest BCUT2D eigenvalue weighted by molar-refractivity contribution is 0.299. The van der Waals surface area contributed by atoms with Crippen molar-refractivity contribution in [2.45, 2.75) is 18.9 Å². The summed E-state index contributed by atoms with van der Waals surface area (Å²) in [5.41, 5.74) is 1.32. The zero-order chi connectivity index (χ0) is 11.4. The van der Waals surface area contributed by atoms with E-state index < -0.39 is 0 Å². The molecule has 16 heavy (non-hydrogen) atoms. The van der Waals surface area contributed by atoms with Gasteiger partial charge >= 0.3 is 0 Å². The van der Waals surface area contributed by atoms with Crippen LogP contribution in [-0.2, 0) is 0 Å². The molecule has 0 radical (unpaired) electrons. The van der Waals surface area contributed by atoms with Crippen LogP contribution in [0, 0.1) is 0 Å². The molecule has 0 aromatic heterocycles. The highest BCUT2D eigenvalue weighted by atomic mass is 35.5. The molecule has 1 aliphatic heterocycles. The highest BCUT2D eigenvalue weighted by Gasteiger charge is 2.17. The number of nitrogens with one attached hydrogen (secondary N) is 1. The molecule has 1 aliphatic rings. The Hall–Kier alpha value is -0.570. The van der Waals surface area contributed by atoms with Gasteiger partial charge in [-0.2, -0.15) is 0 Å². The molecule has 0 spiro atoms. The van der Waals surface area contributed by atoms with E-state index in [1.54, 1.807) is 0 Å². The molecule has 0 aliphatic carbocycles. The van der Waals surface area contributed by atoms with E-state index in [-0.39, 0.29) is 0 Å². The van der Waals surface area contributed by atoms with E-state index in [9.17, 15) is 0 Å². The second kappa shape index (κ2) is 5.67. The average Bonchev–Trinajstić information content (AvgIpc) is 2.80. The first-order valence-corrected chi connectivity index (χ1v) is 6.32. The molecule has 88 valence electrons. The number of likely N-dealkylation sites (N-methyl/N-ethyl adjacent to an activating group) is 1. The first-order valence-electron chi connectivity index (χ1n) is 5.94. The van der Waals surface area contributed by atoms with Crippen LogP contribution in [0.5, 0.6) is 0 Å². The average molecular weight is 239 g/mol. The molecule has 0 amide bonds. The summed E-state index contributed by atoms with van der Waals surface area (Å²) in [4.78, 5) is 2.52. The Kier molecular flexibility index (Phi) is 4.22. The number of halogens is 1. The summed E-state index contributed by atoms with van der Waals surface area (Å²) in [5, 5.41) is 4.19. The van der Waals surface area contributed by atoms with E-state index >= 15 is 0 Å². The van der Waals surface area contributed by atoms with Gasteiger partial charge in [-0.1, -0.05) is 23.7 Å². The van der Waals surface area contributed by atoms with E-state index in [2.05, 4.69) is 22.3 Å².